The Balaban J connectivity index is 2.28. The van der Waals surface area contributed by atoms with Crippen molar-refractivity contribution in [2.24, 2.45) is 0 Å². The highest BCUT2D eigenvalue weighted by Gasteiger charge is 2.22. The number of nitrogens with one attached hydrogen (secondary N) is 1. The predicted molar refractivity (Wildman–Crippen MR) is 55.3 cm³/mol. The van der Waals surface area contributed by atoms with Gasteiger partial charge in [0, 0.05) is 19.6 Å². The zero-order chi connectivity index (χ0) is 11.1. The van der Waals surface area contributed by atoms with Gasteiger partial charge in [0.15, 0.2) is 0 Å². The van der Waals surface area contributed by atoms with Crippen LogP contribution in [0.2, 0.25) is 0 Å². The summed E-state index contributed by atoms with van der Waals surface area (Å²) in [5.74, 6) is -0.931. The first-order chi connectivity index (χ1) is 7.25. The van der Waals surface area contributed by atoms with Crippen LogP contribution in [-0.2, 0) is 14.3 Å². The van der Waals surface area contributed by atoms with Crippen LogP contribution < -0.4 is 5.32 Å². The largest absolute Gasteiger partial charge is 0.378 e. The number of nitrogens with zero attached hydrogens (tertiary/aromatic N) is 1. The summed E-state index contributed by atoms with van der Waals surface area (Å²) in [4.78, 5) is 24.5. The SMILES string of the molecule is CCCCNC(=O)C(=O)N1CCOCC1. The molecule has 1 aliphatic rings. The van der Waals surface area contributed by atoms with Gasteiger partial charge in [-0.05, 0) is 6.42 Å². The summed E-state index contributed by atoms with van der Waals surface area (Å²) in [6, 6.07) is 0. The van der Waals surface area contributed by atoms with Crippen LogP contribution in [0.25, 0.3) is 0 Å². The predicted octanol–water partition coefficient (Wildman–Crippen LogP) is -0.238. The van der Waals surface area contributed by atoms with E-state index in [1.165, 1.54) is 4.90 Å². The maximum atomic E-state index is 11.6. The lowest BCUT2D eigenvalue weighted by Crippen LogP contribution is -2.48. The Bertz CT molecular complexity index is 225. The van der Waals surface area contributed by atoms with Gasteiger partial charge in [-0.25, -0.2) is 0 Å². The molecule has 0 atom stereocenters. The Hall–Kier alpha value is -1.10. The van der Waals surface area contributed by atoms with Crippen molar-refractivity contribution < 1.29 is 14.3 Å². The topological polar surface area (TPSA) is 58.6 Å². The zero-order valence-corrected chi connectivity index (χ0v) is 9.12. The molecule has 1 aliphatic heterocycles. The molecule has 1 heterocycles. The van der Waals surface area contributed by atoms with E-state index in [-0.39, 0.29) is 0 Å². The van der Waals surface area contributed by atoms with E-state index < -0.39 is 11.8 Å². The van der Waals surface area contributed by atoms with Crippen molar-refractivity contribution in [1.29, 1.82) is 0 Å². The maximum Gasteiger partial charge on any atom is 0.312 e. The van der Waals surface area contributed by atoms with Crippen LogP contribution in [0.5, 0.6) is 0 Å². The normalized spacial score (nSPS) is 16.2. The molecule has 0 aromatic rings. The monoisotopic (exact) mass is 214 g/mol. The third kappa shape index (κ3) is 3.87. The fraction of sp³-hybridized carbons (Fsp3) is 0.800. The van der Waals surface area contributed by atoms with Crippen molar-refractivity contribution in [3.05, 3.63) is 0 Å². The van der Waals surface area contributed by atoms with E-state index in [4.69, 9.17) is 4.74 Å². The molecule has 1 saturated heterocycles. The molecule has 0 aliphatic carbocycles. The van der Waals surface area contributed by atoms with Gasteiger partial charge in [0.2, 0.25) is 0 Å². The van der Waals surface area contributed by atoms with Gasteiger partial charge in [-0.15, -0.1) is 0 Å². The van der Waals surface area contributed by atoms with E-state index in [1.807, 2.05) is 6.92 Å². The van der Waals surface area contributed by atoms with Gasteiger partial charge in [0.1, 0.15) is 0 Å². The summed E-state index contributed by atoms with van der Waals surface area (Å²) >= 11 is 0. The smallest absolute Gasteiger partial charge is 0.312 e. The highest BCUT2D eigenvalue weighted by atomic mass is 16.5. The minimum Gasteiger partial charge on any atom is -0.378 e. The van der Waals surface area contributed by atoms with Crippen molar-refractivity contribution in [2.45, 2.75) is 19.8 Å². The van der Waals surface area contributed by atoms with Gasteiger partial charge >= 0.3 is 11.8 Å². The number of carbonyl (C=O) groups is 2. The number of rotatable bonds is 3. The molecule has 0 radical (unpaired) electrons. The van der Waals surface area contributed by atoms with Crippen LogP contribution in [0.3, 0.4) is 0 Å². The molecule has 1 fully saturated rings. The van der Waals surface area contributed by atoms with Crippen molar-refractivity contribution in [3.8, 4) is 0 Å². The first-order valence-electron chi connectivity index (χ1n) is 5.40. The number of amides is 2. The van der Waals surface area contributed by atoms with E-state index in [1.54, 1.807) is 0 Å². The van der Waals surface area contributed by atoms with Crippen molar-refractivity contribution >= 4 is 11.8 Å². The lowest BCUT2D eigenvalue weighted by Gasteiger charge is -2.26. The first kappa shape index (κ1) is 12.0. The van der Waals surface area contributed by atoms with E-state index in [9.17, 15) is 9.59 Å². The lowest BCUT2D eigenvalue weighted by atomic mass is 10.3. The molecule has 5 heteroatoms. The Morgan fingerprint density at radius 2 is 2.00 bits per heavy atom. The van der Waals surface area contributed by atoms with Gasteiger partial charge < -0.3 is 15.0 Å². The molecule has 1 N–H and O–H groups in total. The summed E-state index contributed by atoms with van der Waals surface area (Å²) in [6.07, 6.45) is 1.91. The molecule has 0 bridgehead atoms. The van der Waals surface area contributed by atoms with Crippen LogP contribution in [0.4, 0.5) is 0 Å². The number of ether oxygens (including phenoxy) is 1. The van der Waals surface area contributed by atoms with Gasteiger partial charge in [-0.3, -0.25) is 9.59 Å². The van der Waals surface area contributed by atoms with Crippen molar-refractivity contribution in [3.63, 3.8) is 0 Å². The van der Waals surface area contributed by atoms with Crippen molar-refractivity contribution in [1.82, 2.24) is 10.2 Å². The molecule has 0 unspecified atom stereocenters. The number of hydrogen-bond acceptors (Lipinski definition) is 3. The number of hydrogen-bond donors (Lipinski definition) is 1. The van der Waals surface area contributed by atoms with Gasteiger partial charge in [-0.1, -0.05) is 13.3 Å². The molecule has 15 heavy (non-hydrogen) atoms. The zero-order valence-electron chi connectivity index (χ0n) is 9.12. The quantitative estimate of drug-likeness (QED) is 0.521. The number of morpholine rings is 1. The average Bonchev–Trinajstić information content (AvgIpc) is 2.29. The first-order valence-corrected chi connectivity index (χ1v) is 5.40. The fourth-order valence-corrected chi connectivity index (χ4v) is 1.36. The molecule has 5 nitrogen and oxygen atoms in total. The maximum absolute atomic E-state index is 11.6. The van der Waals surface area contributed by atoms with Crippen LogP contribution in [0.1, 0.15) is 19.8 Å². The second kappa shape index (κ2) is 6.40. The molecule has 0 aromatic heterocycles. The highest BCUT2D eigenvalue weighted by Crippen LogP contribution is 1.97. The fourth-order valence-electron chi connectivity index (χ4n) is 1.36. The Kier molecular flexibility index (Phi) is 5.10. The Labute approximate surface area is 89.8 Å². The number of carbonyl (C=O) groups excluding carboxylic acids is 2. The highest BCUT2D eigenvalue weighted by molar-refractivity contribution is 6.35. The minimum absolute atomic E-state index is 0.436. The van der Waals surface area contributed by atoms with Crippen LogP contribution in [0.15, 0.2) is 0 Å². The van der Waals surface area contributed by atoms with E-state index >= 15 is 0 Å². The summed E-state index contributed by atoms with van der Waals surface area (Å²) in [6.45, 7) is 4.68. The number of unbranched alkanes of at least 4 members (excludes halogenated alkanes) is 1. The molecule has 0 saturated carbocycles. The molecule has 0 aromatic carbocycles. The molecule has 86 valence electrons. The Morgan fingerprint density at radius 1 is 1.33 bits per heavy atom. The minimum atomic E-state index is -0.495. The average molecular weight is 214 g/mol. The van der Waals surface area contributed by atoms with Gasteiger partial charge in [0.05, 0.1) is 13.2 Å². The van der Waals surface area contributed by atoms with Crippen LogP contribution in [-0.4, -0.2) is 49.6 Å². The Morgan fingerprint density at radius 3 is 2.60 bits per heavy atom. The van der Waals surface area contributed by atoms with Gasteiger partial charge in [0.25, 0.3) is 0 Å². The second-order valence-electron chi connectivity index (χ2n) is 3.51. The van der Waals surface area contributed by atoms with Crippen molar-refractivity contribution in [2.75, 3.05) is 32.8 Å². The molecule has 2 amide bonds. The summed E-state index contributed by atoms with van der Waals surface area (Å²) < 4.78 is 5.10. The lowest BCUT2D eigenvalue weighted by molar-refractivity contribution is -0.148. The third-order valence-electron chi connectivity index (χ3n) is 2.31. The summed E-state index contributed by atoms with van der Waals surface area (Å²) in [5, 5.41) is 2.61. The summed E-state index contributed by atoms with van der Waals surface area (Å²) in [7, 11) is 0. The standard InChI is InChI=1S/C10H18N2O3/c1-2-3-4-11-9(13)10(14)12-5-7-15-8-6-12/h2-8H2,1H3,(H,11,13). The second-order valence-corrected chi connectivity index (χ2v) is 3.51. The van der Waals surface area contributed by atoms with Crippen LogP contribution in [0, 0.1) is 0 Å². The van der Waals surface area contributed by atoms with E-state index in [0.717, 1.165) is 12.8 Å². The molecular formula is C10H18N2O3. The summed E-state index contributed by atoms with van der Waals surface area (Å²) in [5.41, 5.74) is 0. The van der Waals surface area contributed by atoms with E-state index in [0.29, 0.717) is 32.8 Å². The van der Waals surface area contributed by atoms with Crippen LogP contribution >= 0.6 is 0 Å². The molecule has 0 spiro atoms. The van der Waals surface area contributed by atoms with Gasteiger partial charge in [-0.2, -0.15) is 0 Å². The van der Waals surface area contributed by atoms with E-state index in [2.05, 4.69) is 5.32 Å². The molecule has 1 rings (SSSR count). The third-order valence-corrected chi connectivity index (χ3v) is 2.31. The molecular weight excluding hydrogens is 196 g/mol.